The minimum Gasteiger partial charge on any atom is -0.354 e. The highest BCUT2D eigenvalue weighted by Crippen LogP contribution is 2.18. The number of nitrogens with zero attached hydrogens (tertiary/aromatic N) is 3. The first-order valence-electron chi connectivity index (χ1n) is 11.7. The van der Waals surface area contributed by atoms with E-state index in [4.69, 9.17) is 0 Å². The lowest BCUT2D eigenvalue weighted by Crippen LogP contribution is -2.25. The van der Waals surface area contributed by atoms with Crippen molar-refractivity contribution in [3.63, 3.8) is 0 Å². The number of carbonyl (C=O) groups is 3. The smallest absolute Gasteiger partial charge is 0.271 e. The van der Waals surface area contributed by atoms with Gasteiger partial charge in [-0.25, -0.2) is 4.98 Å². The van der Waals surface area contributed by atoms with E-state index < -0.39 is 0 Å². The minimum atomic E-state index is -0.280. The molecule has 0 unspecified atom stereocenters. The van der Waals surface area contributed by atoms with E-state index in [1.54, 1.807) is 37.1 Å². The molecule has 0 saturated heterocycles. The molecule has 1 rings (SSSR count). The summed E-state index contributed by atoms with van der Waals surface area (Å²) in [5.74, 6) is 0.125. The Bertz CT molecular complexity index is 976. The molecule has 0 spiro atoms. The summed E-state index contributed by atoms with van der Waals surface area (Å²) in [6, 6.07) is 0. The fourth-order valence-corrected chi connectivity index (χ4v) is 3.46. The largest absolute Gasteiger partial charge is 0.354 e. The number of amides is 2. The molecule has 1 aromatic rings. The normalized spacial score (nSPS) is 12.4. The van der Waals surface area contributed by atoms with Gasteiger partial charge in [0.2, 0.25) is 6.41 Å². The van der Waals surface area contributed by atoms with E-state index in [0.717, 1.165) is 43.3 Å². The molecule has 0 atom stereocenters. The summed E-state index contributed by atoms with van der Waals surface area (Å²) in [7, 11) is 3.13. The maximum absolute atomic E-state index is 12.3. The lowest BCUT2D eigenvalue weighted by atomic mass is 10.0. The fraction of sp³-hybridized carbons (Fsp3) is 0.481. The molecule has 0 aliphatic carbocycles. The lowest BCUT2D eigenvalue weighted by molar-refractivity contribution is -0.110. The zero-order valence-corrected chi connectivity index (χ0v) is 21.8. The first kappa shape index (κ1) is 28.8. The Balaban J connectivity index is 2.58. The van der Waals surface area contributed by atoms with Crippen molar-refractivity contribution in [3.8, 4) is 0 Å². The summed E-state index contributed by atoms with van der Waals surface area (Å²) >= 11 is 0. The highest BCUT2D eigenvalue weighted by atomic mass is 16.2. The second-order valence-corrected chi connectivity index (χ2v) is 8.97. The molecule has 0 fully saturated rings. The van der Waals surface area contributed by atoms with Gasteiger partial charge in [0.15, 0.2) is 17.3 Å². The van der Waals surface area contributed by atoms with Gasteiger partial charge in [-0.1, -0.05) is 34.4 Å². The van der Waals surface area contributed by atoms with E-state index in [9.17, 15) is 14.4 Å². The van der Waals surface area contributed by atoms with Crippen molar-refractivity contribution in [2.75, 3.05) is 19.0 Å². The van der Waals surface area contributed by atoms with Crippen LogP contribution in [-0.4, -0.2) is 41.7 Å². The zero-order valence-electron chi connectivity index (χ0n) is 21.8. The van der Waals surface area contributed by atoms with Crippen molar-refractivity contribution in [3.05, 3.63) is 58.6 Å². The van der Waals surface area contributed by atoms with E-state index >= 15 is 0 Å². The number of carbonyl (C=O) groups excluding carboxylic acids is 3. The van der Waals surface area contributed by atoms with Gasteiger partial charge in [-0.15, -0.1) is 0 Å². The second-order valence-electron chi connectivity index (χ2n) is 8.97. The molecule has 0 saturated carbocycles. The average Bonchev–Trinajstić information content (AvgIpc) is 3.19. The number of imidazole rings is 1. The van der Waals surface area contributed by atoms with Gasteiger partial charge in [-0.3, -0.25) is 14.4 Å². The number of nitrogens with one attached hydrogen (secondary N) is 1. The van der Waals surface area contributed by atoms with Gasteiger partial charge < -0.3 is 14.8 Å². The van der Waals surface area contributed by atoms with Crippen molar-refractivity contribution >= 4 is 23.9 Å². The Morgan fingerprint density at radius 1 is 1.00 bits per heavy atom. The third kappa shape index (κ3) is 10.1. The summed E-state index contributed by atoms with van der Waals surface area (Å²) in [5.41, 5.74) is 5.08. The molecule has 34 heavy (non-hydrogen) atoms. The van der Waals surface area contributed by atoms with Crippen LogP contribution in [0.5, 0.6) is 0 Å². The zero-order chi connectivity index (χ0) is 25.7. The van der Waals surface area contributed by atoms with Crippen LogP contribution >= 0.6 is 0 Å². The van der Waals surface area contributed by atoms with E-state index in [1.165, 1.54) is 16.0 Å². The Morgan fingerprint density at radius 3 is 2.26 bits per heavy atom. The number of ketones is 1. The molecule has 0 aliphatic heterocycles. The summed E-state index contributed by atoms with van der Waals surface area (Å²) < 4.78 is 1.75. The predicted octanol–water partition coefficient (Wildman–Crippen LogP) is 5.16. The van der Waals surface area contributed by atoms with Crippen LogP contribution in [0.2, 0.25) is 0 Å². The fourth-order valence-electron chi connectivity index (χ4n) is 3.46. The summed E-state index contributed by atoms with van der Waals surface area (Å²) in [5, 5.41) is 2.61. The van der Waals surface area contributed by atoms with Crippen LogP contribution in [0.1, 0.15) is 77.2 Å². The van der Waals surface area contributed by atoms with Gasteiger partial charge >= 0.3 is 0 Å². The monoisotopic (exact) mass is 468 g/mol. The summed E-state index contributed by atoms with van der Waals surface area (Å²) in [4.78, 5) is 40.7. The van der Waals surface area contributed by atoms with Crippen LogP contribution in [0, 0.1) is 0 Å². The maximum atomic E-state index is 12.3. The number of allylic oxidation sites excluding steroid dienone is 8. The minimum absolute atomic E-state index is 0.0668. The van der Waals surface area contributed by atoms with Crippen molar-refractivity contribution < 1.29 is 14.4 Å². The van der Waals surface area contributed by atoms with Gasteiger partial charge in [0.1, 0.15) is 0 Å². The third-order valence-corrected chi connectivity index (χ3v) is 5.38. The van der Waals surface area contributed by atoms with Crippen LogP contribution in [0.25, 0.3) is 0 Å². The lowest BCUT2D eigenvalue weighted by Gasteiger charge is -2.11. The predicted molar refractivity (Wildman–Crippen MR) is 139 cm³/mol. The first-order chi connectivity index (χ1) is 16.1. The molecule has 186 valence electrons. The molecule has 0 bridgehead atoms. The van der Waals surface area contributed by atoms with E-state index in [2.05, 4.69) is 36.3 Å². The van der Waals surface area contributed by atoms with Crippen LogP contribution in [0.15, 0.2) is 52.9 Å². The van der Waals surface area contributed by atoms with Crippen LogP contribution in [0.4, 0.5) is 5.82 Å². The van der Waals surface area contributed by atoms with Gasteiger partial charge in [0.25, 0.3) is 5.91 Å². The molecular weight excluding hydrogens is 428 g/mol. The van der Waals surface area contributed by atoms with Crippen LogP contribution in [0.3, 0.4) is 0 Å². The van der Waals surface area contributed by atoms with Gasteiger partial charge in [-0.2, -0.15) is 0 Å². The molecule has 0 aliphatic rings. The molecule has 1 aromatic heterocycles. The molecule has 7 nitrogen and oxygen atoms in total. The standard InChI is InChI=1S/C27H40N4O3/c1-20(2)16-24(33)17-23(5)13-9-11-21(3)10-8-12-22(4)14-15-31-18-29-26(30(7)19-32)25(31)27(34)28-6/h10,14,16-19H,8-9,11-13,15H2,1-7H3,(H,28,34)/b21-10+,22-14+,23-17-. The molecule has 0 aromatic carbocycles. The molecular formula is C27H40N4O3. The van der Waals surface area contributed by atoms with Gasteiger partial charge in [0.05, 0.1) is 6.33 Å². The van der Waals surface area contributed by atoms with Crippen LogP contribution < -0.4 is 10.2 Å². The number of anilines is 1. The second kappa shape index (κ2) is 14.8. The SMILES string of the molecule is CNC(=O)c1c(N(C)C=O)ncn1C/C=C(\C)CC/C=C(\C)CCC/C(C)=C\C(=O)C=C(C)C. The summed E-state index contributed by atoms with van der Waals surface area (Å²) in [6.45, 7) is 10.6. The number of hydrogen-bond acceptors (Lipinski definition) is 4. The van der Waals surface area contributed by atoms with E-state index in [0.29, 0.717) is 24.5 Å². The van der Waals surface area contributed by atoms with Crippen molar-refractivity contribution in [2.24, 2.45) is 0 Å². The van der Waals surface area contributed by atoms with E-state index in [-0.39, 0.29) is 11.7 Å². The van der Waals surface area contributed by atoms with Gasteiger partial charge in [-0.05, 0) is 78.9 Å². The Hall–Kier alpha value is -3.22. The number of hydrogen-bond donors (Lipinski definition) is 1. The van der Waals surface area contributed by atoms with E-state index in [1.807, 2.05) is 20.8 Å². The maximum Gasteiger partial charge on any atom is 0.271 e. The Labute approximate surface area is 204 Å². The highest BCUT2D eigenvalue weighted by molar-refractivity contribution is 6.00. The Kier molecular flexibility index (Phi) is 12.6. The summed E-state index contributed by atoms with van der Waals surface area (Å²) in [6.07, 6.45) is 14.8. The highest BCUT2D eigenvalue weighted by Gasteiger charge is 2.20. The quantitative estimate of drug-likeness (QED) is 0.232. The third-order valence-electron chi connectivity index (χ3n) is 5.38. The van der Waals surface area contributed by atoms with Crippen molar-refractivity contribution in [1.82, 2.24) is 14.9 Å². The van der Waals surface area contributed by atoms with Crippen LogP contribution in [-0.2, 0) is 16.1 Å². The molecule has 1 heterocycles. The van der Waals surface area contributed by atoms with Crippen molar-refractivity contribution in [1.29, 1.82) is 0 Å². The average molecular weight is 469 g/mol. The van der Waals surface area contributed by atoms with Gasteiger partial charge in [0, 0.05) is 20.6 Å². The topological polar surface area (TPSA) is 84.3 Å². The van der Waals surface area contributed by atoms with Crippen molar-refractivity contribution in [2.45, 2.75) is 73.3 Å². The molecule has 0 radical (unpaired) electrons. The number of rotatable bonds is 14. The molecule has 7 heteroatoms. The number of aromatic nitrogens is 2. The first-order valence-corrected chi connectivity index (χ1v) is 11.7. The Morgan fingerprint density at radius 2 is 1.65 bits per heavy atom. The molecule has 1 N–H and O–H groups in total. The molecule has 2 amide bonds.